The maximum absolute atomic E-state index is 10.9. The molecule has 1 aliphatic heterocycles. The minimum absolute atomic E-state index is 0.324. The van der Waals surface area contributed by atoms with Crippen LogP contribution in [0.3, 0.4) is 0 Å². The van der Waals surface area contributed by atoms with Crippen molar-refractivity contribution < 1.29 is 4.79 Å². The Morgan fingerprint density at radius 3 is 2.67 bits per heavy atom. The predicted octanol–water partition coefficient (Wildman–Crippen LogP) is 0.875. The summed E-state index contributed by atoms with van der Waals surface area (Å²) in [6, 6.07) is 0. The highest BCUT2D eigenvalue weighted by atomic mass is 16.2. The molecule has 0 radical (unpaired) electrons. The van der Waals surface area contributed by atoms with Crippen LogP contribution in [0.4, 0.5) is 0 Å². The molecule has 0 aromatic heterocycles. The highest BCUT2D eigenvalue weighted by Gasteiger charge is 2.24. The number of nitrogens with zero attached hydrogens (tertiary/aromatic N) is 1. The maximum Gasteiger partial charge on any atom is 0.222 e. The van der Waals surface area contributed by atoms with E-state index < -0.39 is 0 Å². The molecule has 2 nitrogen and oxygen atoms in total. The van der Waals surface area contributed by atoms with Gasteiger partial charge in [-0.3, -0.25) is 4.79 Å². The van der Waals surface area contributed by atoms with Crippen molar-refractivity contribution in [3.63, 3.8) is 0 Å². The quantitative estimate of drug-likeness (QED) is 0.512. The summed E-state index contributed by atoms with van der Waals surface area (Å²) in [6.07, 6.45) is 0.758. The van der Waals surface area contributed by atoms with Gasteiger partial charge >= 0.3 is 0 Å². The predicted molar refractivity (Wildman–Crippen MR) is 36.0 cm³/mol. The van der Waals surface area contributed by atoms with Gasteiger partial charge in [-0.15, -0.1) is 0 Å². The molecule has 1 fully saturated rings. The second-order valence-electron chi connectivity index (χ2n) is 2.74. The van der Waals surface area contributed by atoms with E-state index in [1.54, 1.807) is 0 Å². The van der Waals surface area contributed by atoms with Crippen LogP contribution < -0.4 is 0 Å². The van der Waals surface area contributed by atoms with Crippen molar-refractivity contribution in [2.75, 3.05) is 13.1 Å². The van der Waals surface area contributed by atoms with E-state index in [0.717, 1.165) is 19.5 Å². The van der Waals surface area contributed by atoms with Crippen molar-refractivity contribution in [3.8, 4) is 0 Å². The Bertz CT molecular complexity index is 122. The van der Waals surface area contributed by atoms with Gasteiger partial charge in [0.25, 0.3) is 0 Å². The average Bonchev–Trinajstić information content (AvgIpc) is 2.10. The molecule has 1 heterocycles. The lowest BCUT2D eigenvalue weighted by Crippen LogP contribution is -2.24. The molecule has 9 heavy (non-hydrogen) atoms. The van der Waals surface area contributed by atoms with Crippen LogP contribution in [0.5, 0.6) is 0 Å². The van der Waals surface area contributed by atoms with Crippen LogP contribution in [0.1, 0.15) is 20.3 Å². The van der Waals surface area contributed by atoms with Crippen molar-refractivity contribution in [1.29, 1.82) is 0 Å². The van der Waals surface area contributed by atoms with Crippen LogP contribution in [0.15, 0.2) is 0 Å². The third kappa shape index (κ3) is 1.23. The maximum atomic E-state index is 10.9. The van der Waals surface area contributed by atoms with Gasteiger partial charge in [-0.2, -0.15) is 0 Å². The molecule has 1 rings (SSSR count). The third-order valence-corrected chi connectivity index (χ3v) is 1.79. The molecule has 52 valence electrons. The van der Waals surface area contributed by atoms with E-state index in [1.807, 2.05) is 11.8 Å². The second-order valence-corrected chi connectivity index (χ2v) is 2.74. The van der Waals surface area contributed by atoms with E-state index in [9.17, 15) is 4.79 Å². The SMILES string of the molecule is CCN1CC(C)CC1=O. The van der Waals surface area contributed by atoms with Crippen molar-refractivity contribution in [2.24, 2.45) is 5.92 Å². The first-order valence-corrected chi connectivity index (χ1v) is 3.51. The van der Waals surface area contributed by atoms with E-state index in [0.29, 0.717) is 11.8 Å². The summed E-state index contributed by atoms with van der Waals surface area (Å²) in [5.74, 6) is 0.905. The molecule has 2 heteroatoms. The number of amides is 1. The first-order valence-electron chi connectivity index (χ1n) is 3.51. The van der Waals surface area contributed by atoms with Gasteiger partial charge in [0, 0.05) is 19.5 Å². The minimum atomic E-state index is 0.324. The number of hydrogen-bond donors (Lipinski definition) is 0. The first kappa shape index (κ1) is 6.59. The van der Waals surface area contributed by atoms with Gasteiger partial charge < -0.3 is 4.90 Å². The number of likely N-dealkylation sites (tertiary alicyclic amines) is 1. The highest BCUT2D eigenvalue weighted by Crippen LogP contribution is 2.15. The molecule has 0 aliphatic carbocycles. The van der Waals surface area contributed by atoms with Gasteiger partial charge in [0.2, 0.25) is 5.91 Å². The molecule has 0 spiro atoms. The van der Waals surface area contributed by atoms with Gasteiger partial charge in [0.1, 0.15) is 0 Å². The van der Waals surface area contributed by atoms with E-state index in [1.165, 1.54) is 0 Å². The molecule has 0 N–H and O–H groups in total. The van der Waals surface area contributed by atoms with Gasteiger partial charge in [-0.05, 0) is 12.8 Å². The zero-order valence-electron chi connectivity index (χ0n) is 6.05. The molecular formula is C7H13NO. The zero-order valence-corrected chi connectivity index (χ0v) is 6.05. The van der Waals surface area contributed by atoms with E-state index in [2.05, 4.69) is 6.92 Å². The molecule has 1 unspecified atom stereocenters. The van der Waals surface area contributed by atoms with Gasteiger partial charge in [-0.1, -0.05) is 6.92 Å². The Labute approximate surface area is 55.8 Å². The Morgan fingerprint density at radius 2 is 2.44 bits per heavy atom. The van der Waals surface area contributed by atoms with E-state index in [-0.39, 0.29) is 0 Å². The van der Waals surface area contributed by atoms with Gasteiger partial charge in [0.05, 0.1) is 0 Å². The van der Waals surface area contributed by atoms with Crippen molar-refractivity contribution >= 4 is 5.91 Å². The fraction of sp³-hybridized carbons (Fsp3) is 0.857. The van der Waals surface area contributed by atoms with Crippen molar-refractivity contribution in [2.45, 2.75) is 20.3 Å². The summed E-state index contributed by atoms with van der Waals surface area (Å²) in [4.78, 5) is 12.8. The van der Waals surface area contributed by atoms with Crippen LogP contribution in [-0.4, -0.2) is 23.9 Å². The lowest BCUT2D eigenvalue weighted by Gasteiger charge is -2.11. The number of carbonyl (C=O) groups is 1. The van der Waals surface area contributed by atoms with Crippen LogP contribution in [0, 0.1) is 5.92 Å². The summed E-state index contributed by atoms with van der Waals surface area (Å²) in [5, 5.41) is 0. The second kappa shape index (κ2) is 2.38. The van der Waals surface area contributed by atoms with Crippen molar-refractivity contribution in [3.05, 3.63) is 0 Å². The molecule has 1 aliphatic rings. The standard InChI is InChI=1S/C7H13NO/c1-3-8-5-6(2)4-7(8)9/h6H,3-5H2,1-2H3. The Balaban J connectivity index is 2.48. The summed E-state index contributed by atoms with van der Waals surface area (Å²) in [6.45, 7) is 5.99. The molecule has 0 aromatic carbocycles. The molecule has 0 aromatic rings. The zero-order chi connectivity index (χ0) is 6.85. The number of rotatable bonds is 1. The third-order valence-electron chi connectivity index (χ3n) is 1.79. The van der Waals surface area contributed by atoms with Crippen LogP contribution >= 0.6 is 0 Å². The summed E-state index contributed by atoms with van der Waals surface area (Å²) in [7, 11) is 0. The Morgan fingerprint density at radius 1 is 1.78 bits per heavy atom. The Kier molecular flexibility index (Phi) is 1.74. The largest absolute Gasteiger partial charge is 0.343 e. The van der Waals surface area contributed by atoms with Gasteiger partial charge in [0.15, 0.2) is 0 Å². The minimum Gasteiger partial charge on any atom is -0.343 e. The number of hydrogen-bond acceptors (Lipinski definition) is 1. The van der Waals surface area contributed by atoms with Crippen LogP contribution in [0.25, 0.3) is 0 Å². The molecule has 1 atom stereocenters. The fourth-order valence-electron chi connectivity index (χ4n) is 1.28. The fourth-order valence-corrected chi connectivity index (χ4v) is 1.28. The molecule has 1 amide bonds. The summed E-state index contributed by atoms with van der Waals surface area (Å²) < 4.78 is 0. The number of carbonyl (C=O) groups excluding carboxylic acids is 1. The van der Waals surface area contributed by atoms with E-state index >= 15 is 0 Å². The van der Waals surface area contributed by atoms with Crippen molar-refractivity contribution in [1.82, 2.24) is 4.90 Å². The van der Waals surface area contributed by atoms with Gasteiger partial charge in [-0.25, -0.2) is 0 Å². The molecule has 0 saturated carbocycles. The lowest BCUT2D eigenvalue weighted by atomic mass is 10.2. The molecule has 1 saturated heterocycles. The highest BCUT2D eigenvalue weighted by molar-refractivity contribution is 5.78. The van der Waals surface area contributed by atoms with Crippen LogP contribution in [-0.2, 0) is 4.79 Å². The summed E-state index contributed by atoms with van der Waals surface area (Å²) >= 11 is 0. The smallest absolute Gasteiger partial charge is 0.222 e. The molecular weight excluding hydrogens is 114 g/mol. The van der Waals surface area contributed by atoms with Crippen LogP contribution in [0.2, 0.25) is 0 Å². The lowest BCUT2D eigenvalue weighted by molar-refractivity contribution is -0.127. The monoisotopic (exact) mass is 127 g/mol. The molecule has 0 bridgehead atoms. The average molecular weight is 127 g/mol. The first-order chi connectivity index (χ1) is 4.24. The Hall–Kier alpha value is -0.530. The summed E-state index contributed by atoms with van der Waals surface area (Å²) in [5.41, 5.74) is 0. The van der Waals surface area contributed by atoms with E-state index in [4.69, 9.17) is 0 Å². The normalized spacial score (nSPS) is 27.6. The topological polar surface area (TPSA) is 20.3 Å².